The molecule has 4 aromatic rings. The van der Waals surface area contributed by atoms with Crippen LogP contribution >= 0.6 is 0 Å². The number of ether oxygens (including phenoxy) is 1. The molecule has 1 unspecified atom stereocenters. The standard InChI is InChI=1S/C23H20F6N6O3/c1-14(35-12-30-11-31-35)22(37,18-7-2-15(24)8-19(18)25)9-34-21(36)33(13-32-34)16-3-5-17(6-4-16)38-10-23(28,29)20(26)27/h2-8,11-14,20,37H,9-10H2,1H3/t14?,22-/m1/s1. The van der Waals surface area contributed by atoms with Crippen LogP contribution in [0, 0.1) is 11.6 Å². The van der Waals surface area contributed by atoms with E-state index in [0.29, 0.717) is 6.07 Å². The predicted molar refractivity (Wildman–Crippen MR) is 119 cm³/mol. The second kappa shape index (κ2) is 10.3. The zero-order valence-electron chi connectivity index (χ0n) is 19.6. The molecule has 15 heteroatoms. The topological polar surface area (TPSA) is 100.0 Å². The molecule has 2 heterocycles. The molecule has 2 aromatic heterocycles. The highest BCUT2D eigenvalue weighted by molar-refractivity contribution is 5.37. The third-order valence-electron chi connectivity index (χ3n) is 5.91. The summed E-state index contributed by atoms with van der Waals surface area (Å²) in [6, 6.07) is 6.59. The van der Waals surface area contributed by atoms with Crippen molar-refractivity contribution in [3.8, 4) is 11.4 Å². The van der Waals surface area contributed by atoms with Gasteiger partial charge in [0.15, 0.2) is 6.61 Å². The van der Waals surface area contributed by atoms with Crippen molar-refractivity contribution < 1.29 is 36.2 Å². The van der Waals surface area contributed by atoms with E-state index in [0.717, 1.165) is 27.7 Å². The first-order valence-electron chi connectivity index (χ1n) is 11.0. The Kier molecular flexibility index (Phi) is 7.31. The van der Waals surface area contributed by atoms with E-state index < -0.39 is 54.5 Å². The highest BCUT2D eigenvalue weighted by Gasteiger charge is 2.42. The van der Waals surface area contributed by atoms with Crippen LogP contribution < -0.4 is 10.4 Å². The lowest BCUT2D eigenvalue weighted by Gasteiger charge is -2.34. The van der Waals surface area contributed by atoms with Gasteiger partial charge < -0.3 is 9.84 Å². The molecule has 0 saturated heterocycles. The van der Waals surface area contributed by atoms with E-state index >= 15 is 0 Å². The summed E-state index contributed by atoms with van der Waals surface area (Å²) in [7, 11) is 0. The van der Waals surface area contributed by atoms with Crippen LogP contribution in [0.2, 0.25) is 0 Å². The Bertz CT molecular complexity index is 1440. The van der Waals surface area contributed by atoms with Gasteiger partial charge in [0.1, 0.15) is 42.0 Å². The summed E-state index contributed by atoms with van der Waals surface area (Å²) in [5, 5.41) is 19.6. The molecule has 0 spiro atoms. The number of hydrogen-bond donors (Lipinski definition) is 1. The number of aromatic nitrogens is 6. The third kappa shape index (κ3) is 5.27. The fourth-order valence-corrected chi connectivity index (χ4v) is 3.72. The molecule has 0 fully saturated rings. The maximum Gasteiger partial charge on any atom is 0.350 e. The van der Waals surface area contributed by atoms with Gasteiger partial charge >= 0.3 is 18.0 Å². The largest absolute Gasteiger partial charge is 0.487 e. The molecule has 2 aromatic carbocycles. The predicted octanol–water partition coefficient (Wildman–Crippen LogP) is 3.33. The molecule has 0 aliphatic carbocycles. The van der Waals surface area contributed by atoms with Crippen molar-refractivity contribution in [2.45, 2.75) is 37.5 Å². The summed E-state index contributed by atoms with van der Waals surface area (Å²) < 4.78 is 86.9. The Morgan fingerprint density at radius 1 is 1.05 bits per heavy atom. The lowest BCUT2D eigenvalue weighted by atomic mass is 9.86. The zero-order valence-corrected chi connectivity index (χ0v) is 19.6. The van der Waals surface area contributed by atoms with E-state index in [1.165, 1.54) is 48.5 Å². The van der Waals surface area contributed by atoms with Crippen LogP contribution in [0.25, 0.3) is 5.69 Å². The molecule has 2 atom stereocenters. The number of hydrogen-bond acceptors (Lipinski definition) is 6. The van der Waals surface area contributed by atoms with Crippen molar-refractivity contribution in [1.82, 2.24) is 29.1 Å². The summed E-state index contributed by atoms with van der Waals surface area (Å²) in [6.45, 7) is -0.619. The van der Waals surface area contributed by atoms with Crippen LogP contribution in [-0.4, -0.2) is 53.2 Å². The van der Waals surface area contributed by atoms with Crippen molar-refractivity contribution in [3.63, 3.8) is 0 Å². The maximum absolute atomic E-state index is 14.8. The van der Waals surface area contributed by atoms with Gasteiger partial charge in [0.05, 0.1) is 18.3 Å². The molecule has 0 aliphatic rings. The number of benzene rings is 2. The third-order valence-corrected chi connectivity index (χ3v) is 5.91. The first kappa shape index (κ1) is 26.9. The molecule has 4 rings (SSSR count). The van der Waals surface area contributed by atoms with E-state index in [1.54, 1.807) is 0 Å². The SMILES string of the molecule is CC(n1cncn1)[C@](O)(Cn1ncn(-c2ccc(OCC(F)(F)C(F)F)cc2)c1=O)c1ccc(F)cc1F. The minimum Gasteiger partial charge on any atom is -0.487 e. The maximum atomic E-state index is 14.8. The fourth-order valence-electron chi connectivity index (χ4n) is 3.72. The van der Waals surface area contributed by atoms with Crippen molar-refractivity contribution in [3.05, 3.63) is 89.1 Å². The summed E-state index contributed by atoms with van der Waals surface area (Å²) >= 11 is 0. The van der Waals surface area contributed by atoms with E-state index in [4.69, 9.17) is 4.74 Å². The summed E-state index contributed by atoms with van der Waals surface area (Å²) in [6.07, 6.45) is -0.314. The van der Waals surface area contributed by atoms with Crippen LogP contribution in [0.4, 0.5) is 26.3 Å². The van der Waals surface area contributed by atoms with E-state index in [9.17, 15) is 36.2 Å². The molecule has 202 valence electrons. The Morgan fingerprint density at radius 3 is 2.37 bits per heavy atom. The second-order valence-electron chi connectivity index (χ2n) is 8.39. The van der Waals surface area contributed by atoms with Crippen LogP contribution in [0.15, 0.2) is 66.2 Å². The van der Waals surface area contributed by atoms with Crippen molar-refractivity contribution in [2.75, 3.05) is 6.61 Å². The molecule has 0 saturated carbocycles. The highest BCUT2D eigenvalue weighted by atomic mass is 19.3. The monoisotopic (exact) mass is 542 g/mol. The van der Waals surface area contributed by atoms with Gasteiger partial charge in [-0.3, -0.25) is 0 Å². The first-order valence-corrected chi connectivity index (χ1v) is 11.0. The summed E-state index contributed by atoms with van der Waals surface area (Å²) in [4.78, 5) is 16.9. The molecule has 0 radical (unpaired) electrons. The fraction of sp³-hybridized carbons (Fsp3) is 0.304. The number of nitrogens with zero attached hydrogens (tertiary/aromatic N) is 6. The quantitative estimate of drug-likeness (QED) is 0.309. The lowest BCUT2D eigenvalue weighted by Crippen LogP contribution is -2.43. The van der Waals surface area contributed by atoms with Gasteiger partial charge in [-0.2, -0.15) is 19.0 Å². The molecule has 1 N–H and O–H groups in total. The molecule has 0 aliphatic heterocycles. The lowest BCUT2D eigenvalue weighted by molar-refractivity contribution is -0.148. The molecular weight excluding hydrogens is 522 g/mol. The minimum atomic E-state index is -4.33. The second-order valence-corrected chi connectivity index (χ2v) is 8.39. The van der Waals surface area contributed by atoms with E-state index in [-0.39, 0.29) is 17.0 Å². The van der Waals surface area contributed by atoms with Gasteiger partial charge in [-0.25, -0.2) is 41.3 Å². The summed E-state index contributed by atoms with van der Waals surface area (Å²) in [5.41, 5.74) is -3.03. The smallest absolute Gasteiger partial charge is 0.350 e. The van der Waals surface area contributed by atoms with Crippen LogP contribution in [0.3, 0.4) is 0 Å². The number of rotatable bonds is 10. The normalized spacial score (nSPS) is 14.4. The van der Waals surface area contributed by atoms with Crippen LogP contribution in [0.1, 0.15) is 18.5 Å². The van der Waals surface area contributed by atoms with Gasteiger partial charge in [0, 0.05) is 11.6 Å². The van der Waals surface area contributed by atoms with Crippen molar-refractivity contribution in [1.29, 1.82) is 0 Å². The van der Waals surface area contributed by atoms with E-state index in [2.05, 4.69) is 15.2 Å². The van der Waals surface area contributed by atoms with Gasteiger partial charge in [0.2, 0.25) is 0 Å². The Balaban J connectivity index is 1.62. The van der Waals surface area contributed by atoms with Crippen LogP contribution in [0.5, 0.6) is 5.75 Å². The molecule has 0 bridgehead atoms. The average molecular weight is 542 g/mol. The number of halogens is 6. The first-order chi connectivity index (χ1) is 17.9. The molecule has 0 amide bonds. The van der Waals surface area contributed by atoms with Gasteiger partial charge in [-0.05, 0) is 37.3 Å². The van der Waals surface area contributed by atoms with Gasteiger partial charge in [0.25, 0.3) is 0 Å². The Morgan fingerprint density at radius 2 is 1.76 bits per heavy atom. The molecular formula is C23H20F6N6O3. The van der Waals surface area contributed by atoms with Crippen molar-refractivity contribution >= 4 is 0 Å². The van der Waals surface area contributed by atoms with E-state index in [1.807, 2.05) is 0 Å². The Hall–Kier alpha value is -4.14. The van der Waals surface area contributed by atoms with Gasteiger partial charge in [-0.15, -0.1) is 0 Å². The Labute approximate surface area is 210 Å². The van der Waals surface area contributed by atoms with Gasteiger partial charge in [-0.1, -0.05) is 6.07 Å². The number of alkyl halides is 4. The average Bonchev–Trinajstić information content (AvgIpc) is 3.53. The molecule has 9 nitrogen and oxygen atoms in total. The van der Waals surface area contributed by atoms with Crippen LogP contribution in [-0.2, 0) is 12.1 Å². The summed E-state index contributed by atoms with van der Waals surface area (Å²) in [5.74, 6) is -6.40. The molecule has 38 heavy (non-hydrogen) atoms. The number of aliphatic hydroxyl groups is 1. The van der Waals surface area contributed by atoms with Crippen molar-refractivity contribution in [2.24, 2.45) is 0 Å². The zero-order chi connectivity index (χ0) is 27.7. The minimum absolute atomic E-state index is 0.141. The highest BCUT2D eigenvalue weighted by Crippen LogP contribution is 2.36.